The number of hydrogen-bond donors (Lipinski definition) is 2. The van der Waals surface area contributed by atoms with Crippen molar-refractivity contribution < 1.29 is 9.53 Å². The molecule has 0 aromatic heterocycles. The van der Waals surface area contributed by atoms with E-state index in [-0.39, 0.29) is 17.7 Å². The standard InChI is InChI=1S/C19H21ClN2O2/c1-13(2)24-17-6-4-3-5-16(17)21-18(23)22-19(11-12-19)14-7-9-15(20)10-8-14/h3-10,13H,11-12H2,1-2H3,(H2,21,22,23). The van der Waals surface area contributed by atoms with Gasteiger partial charge in [-0.05, 0) is 56.5 Å². The highest BCUT2D eigenvalue weighted by molar-refractivity contribution is 6.30. The van der Waals surface area contributed by atoms with Crippen LogP contribution in [0.2, 0.25) is 5.02 Å². The number of hydrogen-bond acceptors (Lipinski definition) is 2. The second kappa shape index (κ2) is 6.73. The minimum absolute atomic E-state index is 0.0415. The third kappa shape index (κ3) is 3.82. The second-order valence-electron chi connectivity index (χ2n) is 6.33. The highest BCUT2D eigenvalue weighted by Crippen LogP contribution is 2.45. The van der Waals surface area contributed by atoms with Gasteiger partial charge in [-0.15, -0.1) is 0 Å². The fourth-order valence-corrected chi connectivity index (χ4v) is 2.80. The quantitative estimate of drug-likeness (QED) is 0.807. The molecule has 2 aromatic rings. The van der Waals surface area contributed by atoms with Gasteiger partial charge < -0.3 is 15.4 Å². The predicted molar refractivity (Wildman–Crippen MR) is 96.7 cm³/mol. The zero-order valence-corrected chi connectivity index (χ0v) is 14.6. The Morgan fingerprint density at radius 3 is 2.42 bits per heavy atom. The topological polar surface area (TPSA) is 50.4 Å². The highest BCUT2D eigenvalue weighted by Gasteiger charge is 2.45. The van der Waals surface area contributed by atoms with Gasteiger partial charge in [-0.3, -0.25) is 0 Å². The molecular weight excluding hydrogens is 324 g/mol. The summed E-state index contributed by atoms with van der Waals surface area (Å²) in [4.78, 5) is 12.4. The van der Waals surface area contributed by atoms with E-state index < -0.39 is 0 Å². The number of benzene rings is 2. The van der Waals surface area contributed by atoms with Crippen LogP contribution < -0.4 is 15.4 Å². The molecule has 4 nitrogen and oxygen atoms in total. The Hall–Kier alpha value is -2.20. The number of nitrogens with one attached hydrogen (secondary N) is 2. The molecule has 0 saturated heterocycles. The lowest BCUT2D eigenvalue weighted by Crippen LogP contribution is -2.38. The van der Waals surface area contributed by atoms with Crippen molar-refractivity contribution in [2.75, 3.05) is 5.32 Å². The first-order valence-corrected chi connectivity index (χ1v) is 8.47. The smallest absolute Gasteiger partial charge is 0.320 e. The minimum Gasteiger partial charge on any atom is -0.489 e. The number of urea groups is 1. The zero-order valence-electron chi connectivity index (χ0n) is 13.8. The van der Waals surface area contributed by atoms with Crippen LogP contribution in [0.3, 0.4) is 0 Å². The SMILES string of the molecule is CC(C)Oc1ccccc1NC(=O)NC1(c2ccc(Cl)cc2)CC1. The van der Waals surface area contributed by atoms with Gasteiger partial charge in [0.25, 0.3) is 0 Å². The molecule has 0 unspecified atom stereocenters. The van der Waals surface area contributed by atoms with Crippen molar-refractivity contribution in [1.82, 2.24) is 5.32 Å². The maximum Gasteiger partial charge on any atom is 0.320 e. The molecule has 2 aromatic carbocycles. The van der Waals surface area contributed by atoms with Gasteiger partial charge >= 0.3 is 6.03 Å². The van der Waals surface area contributed by atoms with Crippen molar-refractivity contribution in [1.29, 1.82) is 0 Å². The van der Waals surface area contributed by atoms with Crippen LogP contribution in [0.1, 0.15) is 32.3 Å². The van der Waals surface area contributed by atoms with E-state index in [1.165, 1.54) is 0 Å². The summed E-state index contributed by atoms with van der Waals surface area (Å²) < 4.78 is 5.73. The molecule has 0 radical (unpaired) electrons. The van der Waals surface area contributed by atoms with Crippen molar-refractivity contribution in [3.8, 4) is 5.75 Å². The average Bonchev–Trinajstić information content (AvgIpc) is 3.30. The molecule has 0 bridgehead atoms. The lowest BCUT2D eigenvalue weighted by molar-refractivity contribution is 0.240. The Balaban J connectivity index is 1.69. The molecule has 126 valence electrons. The van der Waals surface area contributed by atoms with Crippen LogP contribution in [0, 0.1) is 0 Å². The fraction of sp³-hybridized carbons (Fsp3) is 0.316. The van der Waals surface area contributed by atoms with Crippen LogP contribution in [0.5, 0.6) is 5.75 Å². The lowest BCUT2D eigenvalue weighted by Gasteiger charge is -2.20. The van der Waals surface area contributed by atoms with E-state index in [1.807, 2.05) is 62.4 Å². The van der Waals surface area contributed by atoms with E-state index in [2.05, 4.69) is 10.6 Å². The van der Waals surface area contributed by atoms with Crippen molar-refractivity contribution in [3.63, 3.8) is 0 Å². The Kier molecular flexibility index (Phi) is 4.67. The first-order chi connectivity index (χ1) is 11.5. The zero-order chi connectivity index (χ0) is 17.2. The van der Waals surface area contributed by atoms with Crippen LogP contribution in [0.25, 0.3) is 0 Å². The highest BCUT2D eigenvalue weighted by atomic mass is 35.5. The van der Waals surface area contributed by atoms with Crippen molar-refractivity contribution in [2.24, 2.45) is 0 Å². The molecule has 1 aliphatic carbocycles. The molecule has 3 rings (SSSR count). The van der Waals surface area contributed by atoms with Crippen LogP contribution in [-0.2, 0) is 5.54 Å². The maximum atomic E-state index is 12.4. The molecule has 5 heteroatoms. The van der Waals surface area contributed by atoms with Gasteiger partial charge in [0, 0.05) is 5.02 Å². The summed E-state index contributed by atoms with van der Waals surface area (Å²) in [5.41, 5.74) is 1.45. The number of rotatable bonds is 5. The maximum absolute atomic E-state index is 12.4. The normalized spacial score (nSPS) is 15.0. The number of anilines is 1. The van der Waals surface area contributed by atoms with Crippen molar-refractivity contribution >= 4 is 23.3 Å². The summed E-state index contributed by atoms with van der Waals surface area (Å²) >= 11 is 5.94. The van der Waals surface area contributed by atoms with Gasteiger partial charge in [-0.25, -0.2) is 4.79 Å². The van der Waals surface area contributed by atoms with E-state index in [1.54, 1.807) is 0 Å². The summed E-state index contributed by atoms with van der Waals surface area (Å²) in [7, 11) is 0. The molecule has 0 aliphatic heterocycles. The molecule has 0 spiro atoms. The Labute approximate surface area is 147 Å². The molecule has 24 heavy (non-hydrogen) atoms. The molecule has 0 heterocycles. The summed E-state index contributed by atoms with van der Waals surface area (Å²) in [6.45, 7) is 3.91. The molecule has 1 aliphatic rings. The van der Waals surface area contributed by atoms with E-state index in [4.69, 9.17) is 16.3 Å². The summed E-state index contributed by atoms with van der Waals surface area (Å²) in [6.07, 6.45) is 1.89. The number of amides is 2. The van der Waals surface area contributed by atoms with Crippen LogP contribution in [-0.4, -0.2) is 12.1 Å². The van der Waals surface area contributed by atoms with Crippen LogP contribution in [0.15, 0.2) is 48.5 Å². The van der Waals surface area contributed by atoms with Gasteiger partial charge in [-0.1, -0.05) is 35.9 Å². The number of para-hydroxylation sites is 2. The van der Waals surface area contributed by atoms with E-state index >= 15 is 0 Å². The number of carbonyl (C=O) groups is 1. The summed E-state index contributed by atoms with van der Waals surface area (Å²) in [6, 6.07) is 14.8. The van der Waals surface area contributed by atoms with Crippen LogP contribution >= 0.6 is 11.6 Å². The van der Waals surface area contributed by atoms with Gasteiger partial charge in [-0.2, -0.15) is 0 Å². The summed E-state index contributed by atoms with van der Waals surface area (Å²) in [5.74, 6) is 0.666. The predicted octanol–water partition coefficient (Wildman–Crippen LogP) is 4.94. The minimum atomic E-state index is -0.289. The third-order valence-electron chi connectivity index (χ3n) is 4.00. The number of carbonyl (C=O) groups excluding carboxylic acids is 1. The molecule has 1 saturated carbocycles. The first-order valence-electron chi connectivity index (χ1n) is 8.09. The summed E-state index contributed by atoms with van der Waals surface area (Å²) in [5, 5.41) is 6.67. The Morgan fingerprint density at radius 1 is 1.12 bits per heavy atom. The fourth-order valence-electron chi connectivity index (χ4n) is 2.68. The van der Waals surface area contributed by atoms with Crippen LogP contribution in [0.4, 0.5) is 10.5 Å². The largest absolute Gasteiger partial charge is 0.489 e. The monoisotopic (exact) mass is 344 g/mol. The van der Waals surface area contributed by atoms with Gasteiger partial charge in [0.05, 0.1) is 17.3 Å². The Morgan fingerprint density at radius 2 is 1.79 bits per heavy atom. The van der Waals surface area contributed by atoms with Gasteiger partial charge in [0.2, 0.25) is 0 Å². The average molecular weight is 345 g/mol. The lowest BCUT2D eigenvalue weighted by atomic mass is 10.1. The third-order valence-corrected chi connectivity index (χ3v) is 4.25. The Bertz CT molecular complexity index is 724. The van der Waals surface area contributed by atoms with Crippen molar-refractivity contribution in [2.45, 2.75) is 38.3 Å². The molecule has 1 fully saturated rings. The van der Waals surface area contributed by atoms with Crippen molar-refractivity contribution in [3.05, 3.63) is 59.1 Å². The molecule has 0 atom stereocenters. The van der Waals surface area contributed by atoms with E-state index in [0.717, 1.165) is 18.4 Å². The number of ether oxygens (including phenoxy) is 1. The molecular formula is C19H21ClN2O2. The first kappa shape index (κ1) is 16.7. The van der Waals surface area contributed by atoms with E-state index in [0.29, 0.717) is 16.5 Å². The van der Waals surface area contributed by atoms with E-state index in [9.17, 15) is 4.79 Å². The number of halogens is 1. The van der Waals surface area contributed by atoms with Gasteiger partial charge in [0.1, 0.15) is 5.75 Å². The molecule has 2 N–H and O–H groups in total. The molecule has 2 amide bonds. The van der Waals surface area contributed by atoms with Gasteiger partial charge in [0.15, 0.2) is 0 Å². The second-order valence-corrected chi connectivity index (χ2v) is 6.77.